The van der Waals surface area contributed by atoms with Gasteiger partial charge in [-0.2, -0.15) is 0 Å². The first-order chi connectivity index (χ1) is 8.43. The Bertz CT molecular complexity index is 199. The molecule has 0 radical (unpaired) electrons. The van der Waals surface area contributed by atoms with Gasteiger partial charge in [-0.25, -0.2) is 0 Å². The lowest BCUT2D eigenvalue weighted by Crippen LogP contribution is -2.00. The maximum absolute atomic E-state index is 5.67. The summed E-state index contributed by atoms with van der Waals surface area (Å²) in [5.41, 5.74) is 0. The van der Waals surface area contributed by atoms with Crippen LogP contribution in [-0.4, -0.2) is 13.4 Å². The zero-order valence-electron chi connectivity index (χ0n) is 11.4. The van der Waals surface area contributed by atoms with Crippen LogP contribution in [-0.2, 0) is 9.47 Å². The summed E-state index contributed by atoms with van der Waals surface area (Å²) in [5.74, 6) is 1.15. The van der Waals surface area contributed by atoms with Crippen molar-refractivity contribution in [3.8, 4) is 0 Å². The van der Waals surface area contributed by atoms with E-state index in [9.17, 15) is 0 Å². The van der Waals surface area contributed by atoms with Gasteiger partial charge >= 0.3 is 0 Å². The van der Waals surface area contributed by atoms with Crippen molar-refractivity contribution >= 4 is 0 Å². The molecule has 0 N–H and O–H groups in total. The SMILES string of the molecule is CCOCO/C1=C/CCCCCCCCCC1. The molecule has 0 aliphatic heterocycles. The van der Waals surface area contributed by atoms with Crippen LogP contribution in [0, 0.1) is 0 Å². The van der Waals surface area contributed by atoms with Crippen LogP contribution >= 0.6 is 0 Å². The van der Waals surface area contributed by atoms with Gasteiger partial charge in [0.25, 0.3) is 0 Å². The summed E-state index contributed by atoms with van der Waals surface area (Å²) in [6, 6.07) is 0. The van der Waals surface area contributed by atoms with Crippen molar-refractivity contribution in [2.24, 2.45) is 0 Å². The van der Waals surface area contributed by atoms with E-state index in [4.69, 9.17) is 9.47 Å². The Balaban J connectivity index is 2.28. The van der Waals surface area contributed by atoms with Crippen LogP contribution in [0.1, 0.15) is 71.1 Å². The van der Waals surface area contributed by atoms with Crippen molar-refractivity contribution in [2.75, 3.05) is 13.4 Å². The quantitative estimate of drug-likeness (QED) is 0.519. The molecule has 1 aliphatic carbocycles. The van der Waals surface area contributed by atoms with E-state index in [1.807, 2.05) is 6.92 Å². The van der Waals surface area contributed by atoms with Crippen molar-refractivity contribution in [2.45, 2.75) is 71.1 Å². The smallest absolute Gasteiger partial charge is 0.188 e. The Labute approximate surface area is 106 Å². The van der Waals surface area contributed by atoms with Crippen LogP contribution in [0.4, 0.5) is 0 Å². The predicted molar refractivity (Wildman–Crippen MR) is 71.8 cm³/mol. The molecular weight excluding hydrogens is 212 g/mol. The lowest BCUT2D eigenvalue weighted by atomic mass is 10.0. The van der Waals surface area contributed by atoms with Crippen molar-refractivity contribution in [1.82, 2.24) is 0 Å². The summed E-state index contributed by atoms with van der Waals surface area (Å²) in [6.45, 7) is 3.15. The van der Waals surface area contributed by atoms with E-state index < -0.39 is 0 Å². The zero-order valence-corrected chi connectivity index (χ0v) is 11.4. The molecule has 0 heterocycles. The van der Waals surface area contributed by atoms with Gasteiger partial charge in [0.1, 0.15) is 0 Å². The number of allylic oxidation sites excluding steroid dienone is 2. The lowest BCUT2D eigenvalue weighted by Gasteiger charge is -2.11. The van der Waals surface area contributed by atoms with E-state index in [1.165, 1.54) is 57.8 Å². The first-order valence-electron chi connectivity index (χ1n) is 7.33. The summed E-state index contributed by atoms with van der Waals surface area (Å²) in [7, 11) is 0. The third kappa shape index (κ3) is 8.25. The molecule has 0 amide bonds. The Hall–Kier alpha value is -0.500. The minimum absolute atomic E-state index is 0.419. The van der Waals surface area contributed by atoms with Crippen molar-refractivity contribution in [1.29, 1.82) is 0 Å². The average Bonchev–Trinajstić information content (AvgIpc) is 2.32. The van der Waals surface area contributed by atoms with Crippen LogP contribution in [0.5, 0.6) is 0 Å². The molecule has 0 saturated heterocycles. The van der Waals surface area contributed by atoms with Crippen LogP contribution in [0.2, 0.25) is 0 Å². The minimum atomic E-state index is 0.419. The number of ether oxygens (including phenoxy) is 2. The van der Waals surface area contributed by atoms with Gasteiger partial charge in [-0.1, -0.05) is 38.5 Å². The summed E-state index contributed by atoms with van der Waals surface area (Å²) in [6.07, 6.45) is 15.5. The van der Waals surface area contributed by atoms with Crippen molar-refractivity contribution in [3.05, 3.63) is 11.8 Å². The molecule has 0 aromatic heterocycles. The molecule has 1 aliphatic rings. The summed E-state index contributed by atoms with van der Waals surface area (Å²) < 4.78 is 10.9. The molecule has 100 valence electrons. The fraction of sp³-hybridized carbons (Fsp3) is 0.867. The Morgan fingerprint density at radius 2 is 1.59 bits per heavy atom. The Morgan fingerprint density at radius 1 is 0.941 bits per heavy atom. The van der Waals surface area contributed by atoms with Crippen LogP contribution in [0.3, 0.4) is 0 Å². The molecule has 2 nitrogen and oxygen atoms in total. The third-order valence-electron chi connectivity index (χ3n) is 3.28. The van der Waals surface area contributed by atoms with Gasteiger partial charge in [-0.15, -0.1) is 0 Å². The topological polar surface area (TPSA) is 18.5 Å². The average molecular weight is 240 g/mol. The van der Waals surface area contributed by atoms with Gasteiger partial charge in [0.05, 0.1) is 5.76 Å². The standard InChI is InChI=1S/C15H28O2/c1-2-16-14-17-15-12-10-8-6-4-3-5-7-9-11-13-15/h12H,2-11,13-14H2,1H3/b15-12+. The second-order valence-corrected chi connectivity index (χ2v) is 4.79. The highest BCUT2D eigenvalue weighted by Gasteiger charge is 2.01. The molecule has 0 fully saturated rings. The van der Waals surface area contributed by atoms with E-state index >= 15 is 0 Å². The summed E-state index contributed by atoms with van der Waals surface area (Å²) in [5, 5.41) is 0. The first-order valence-corrected chi connectivity index (χ1v) is 7.33. The Morgan fingerprint density at radius 3 is 2.29 bits per heavy atom. The van der Waals surface area contributed by atoms with E-state index in [-0.39, 0.29) is 0 Å². The largest absolute Gasteiger partial charge is 0.472 e. The molecule has 1 rings (SSSR count). The number of hydrogen-bond acceptors (Lipinski definition) is 2. The molecule has 2 heteroatoms. The molecule has 0 aromatic carbocycles. The minimum Gasteiger partial charge on any atom is -0.472 e. The Kier molecular flexibility index (Phi) is 9.11. The molecule has 0 saturated carbocycles. The van der Waals surface area contributed by atoms with E-state index in [0.717, 1.165) is 18.8 Å². The van der Waals surface area contributed by atoms with E-state index in [0.29, 0.717) is 6.79 Å². The highest BCUT2D eigenvalue weighted by molar-refractivity contribution is 4.92. The van der Waals surface area contributed by atoms with Gasteiger partial charge in [0.15, 0.2) is 6.79 Å². The second kappa shape index (κ2) is 10.6. The molecular formula is C15H28O2. The fourth-order valence-electron chi connectivity index (χ4n) is 2.20. The molecule has 0 unspecified atom stereocenters. The monoisotopic (exact) mass is 240 g/mol. The van der Waals surface area contributed by atoms with Crippen LogP contribution in [0.15, 0.2) is 11.8 Å². The predicted octanol–water partition coefficient (Wildman–Crippen LogP) is 4.80. The summed E-state index contributed by atoms with van der Waals surface area (Å²) >= 11 is 0. The fourth-order valence-corrected chi connectivity index (χ4v) is 2.20. The van der Waals surface area contributed by atoms with Gasteiger partial charge in [0, 0.05) is 13.0 Å². The number of rotatable bonds is 4. The van der Waals surface area contributed by atoms with Crippen LogP contribution < -0.4 is 0 Å². The van der Waals surface area contributed by atoms with Crippen molar-refractivity contribution < 1.29 is 9.47 Å². The highest BCUT2D eigenvalue weighted by atomic mass is 16.7. The number of hydrogen-bond donors (Lipinski definition) is 0. The van der Waals surface area contributed by atoms with Crippen molar-refractivity contribution in [3.63, 3.8) is 0 Å². The maximum atomic E-state index is 5.67. The van der Waals surface area contributed by atoms with Crippen LogP contribution in [0.25, 0.3) is 0 Å². The van der Waals surface area contributed by atoms with Gasteiger partial charge < -0.3 is 9.47 Å². The first kappa shape index (κ1) is 14.6. The molecule has 0 aromatic rings. The molecule has 0 spiro atoms. The zero-order chi connectivity index (χ0) is 12.2. The van der Waals surface area contributed by atoms with E-state index in [1.54, 1.807) is 0 Å². The van der Waals surface area contributed by atoms with Gasteiger partial charge in [0.2, 0.25) is 0 Å². The molecule has 17 heavy (non-hydrogen) atoms. The summed E-state index contributed by atoms with van der Waals surface area (Å²) in [4.78, 5) is 0. The normalized spacial score (nSPS) is 23.0. The lowest BCUT2D eigenvalue weighted by molar-refractivity contribution is -0.0207. The third-order valence-corrected chi connectivity index (χ3v) is 3.28. The maximum Gasteiger partial charge on any atom is 0.188 e. The molecule has 0 atom stereocenters. The van der Waals surface area contributed by atoms with E-state index in [2.05, 4.69) is 6.08 Å². The van der Waals surface area contributed by atoms with Gasteiger partial charge in [-0.05, 0) is 32.3 Å². The second-order valence-electron chi connectivity index (χ2n) is 4.79. The highest BCUT2D eigenvalue weighted by Crippen LogP contribution is 2.17. The molecule has 0 bridgehead atoms. The van der Waals surface area contributed by atoms with Gasteiger partial charge in [-0.3, -0.25) is 0 Å².